The highest BCUT2D eigenvalue weighted by Gasteiger charge is 2.08. The Kier molecular flexibility index (Phi) is 4.47. The minimum atomic E-state index is -3.70. The van der Waals surface area contributed by atoms with E-state index in [9.17, 15) is 13.2 Å². The van der Waals surface area contributed by atoms with Gasteiger partial charge in [0.2, 0.25) is 10.0 Å². The Hall–Kier alpha value is -1.60. The summed E-state index contributed by atoms with van der Waals surface area (Å²) in [6, 6.07) is 5.83. The maximum atomic E-state index is 11.1. The number of carbonyl (C=O) groups excluding carboxylic acids is 1. The molecule has 0 aliphatic rings. The van der Waals surface area contributed by atoms with Crippen LogP contribution >= 0.6 is 0 Å². The van der Waals surface area contributed by atoms with Crippen LogP contribution in [-0.2, 0) is 16.6 Å². The van der Waals surface area contributed by atoms with Crippen molar-refractivity contribution in [2.75, 3.05) is 6.54 Å². The van der Waals surface area contributed by atoms with Crippen LogP contribution in [-0.4, -0.2) is 21.0 Å². The molecule has 1 aromatic carbocycles. The first-order chi connectivity index (χ1) is 7.93. The Balaban J connectivity index is 2.70. The second-order valence-corrected chi connectivity index (χ2v) is 4.97. The fourth-order valence-corrected chi connectivity index (χ4v) is 1.82. The van der Waals surface area contributed by atoms with Crippen molar-refractivity contribution < 1.29 is 13.2 Å². The predicted octanol–water partition coefficient (Wildman–Crippen LogP) is 0.153. The monoisotopic (exact) mass is 257 g/mol. The molecule has 1 aromatic rings. The number of nitrogens with one attached hydrogen (secondary N) is 2. The van der Waals surface area contributed by atoms with Gasteiger partial charge in [-0.05, 0) is 24.6 Å². The molecule has 0 unspecified atom stereocenters. The van der Waals surface area contributed by atoms with Crippen molar-refractivity contribution in [3.05, 3.63) is 29.8 Å². The molecule has 0 aromatic heterocycles. The van der Waals surface area contributed by atoms with E-state index in [1.807, 2.05) is 0 Å². The van der Waals surface area contributed by atoms with Crippen LogP contribution in [0.25, 0.3) is 0 Å². The average Bonchev–Trinajstić information content (AvgIpc) is 2.26. The molecule has 2 amide bonds. The molecule has 0 bridgehead atoms. The molecule has 1 rings (SSSR count). The summed E-state index contributed by atoms with van der Waals surface area (Å²) >= 11 is 0. The summed E-state index contributed by atoms with van der Waals surface area (Å²) in [5.41, 5.74) is 0.669. The van der Waals surface area contributed by atoms with Gasteiger partial charge in [-0.25, -0.2) is 18.4 Å². The van der Waals surface area contributed by atoms with Crippen LogP contribution in [0.2, 0.25) is 0 Å². The van der Waals surface area contributed by atoms with Crippen molar-refractivity contribution in [3.8, 4) is 0 Å². The smallest absolute Gasteiger partial charge is 0.315 e. The van der Waals surface area contributed by atoms with Crippen LogP contribution in [0.4, 0.5) is 4.79 Å². The van der Waals surface area contributed by atoms with Gasteiger partial charge in [0.05, 0.1) is 4.90 Å². The minimum absolute atomic E-state index is 0.0349. The van der Waals surface area contributed by atoms with Gasteiger partial charge in [-0.2, -0.15) is 0 Å². The van der Waals surface area contributed by atoms with Gasteiger partial charge < -0.3 is 10.6 Å². The van der Waals surface area contributed by atoms with Crippen molar-refractivity contribution in [1.82, 2.24) is 10.6 Å². The summed E-state index contributed by atoms with van der Waals surface area (Å²) in [5, 5.41) is 10.2. The zero-order chi connectivity index (χ0) is 12.9. The summed E-state index contributed by atoms with van der Waals surface area (Å²) in [7, 11) is -3.70. The minimum Gasteiger partial charge on any atom is -0.338 e. The van der Waals surface area contributed by atoms with Crippen molar-refractivity contribution in [1.29, 1.82) is 0 Å². The van der Waals surface area contributed by atoms with Gasteiger partial charge in [0.25, 0.3) is 0 Å². The van der Waals surface area contributed by atoms with E-state index < -0.39 is 10.0 Å². The molecule has 94 valence electrons. The molecule has 6 nitrogen and oxygen atoms in total. The number of primary sulfonamides is 1. The molecule has 7 heteroatoms. The highest BCUT2D eigenvalue weighted by molar-refractivity contribution is 7.89. The van der Waals surface area contributed by atoms with E-state index in [1.165, 1.54) is 12.1 Å². The van der Waals surface area contributed by atoms with Crippen LogP contribution < -0.4 is 15.8 Å². The fraction of sp³-hybridized carbons (Fsp3) is 0.300. The number of carbonyl (C=O) groups is 1. The third kappa shape index (κ3) is 4.41. The number of urea groups is 1. The number of sulfonamides is 1. The maximum absolute atomic E-state index is 11.1. The molecule has 0 fully saturated rings. The summed E-state index contributed by atoms with van der Waals surface area (Å²) in [5.74, 6) is 0. The summed E-state index contributed by atoms with van der Waals surface area (Å²) in [6.07, 6.45) is 0. The zero-order valence-corrected chi connectivity index (χ0v) is 10.3. The van der Waals surface area contributed by atoms with Gasteiger partial charge in [0.1, 0.15) is 0 Å². The van der Waals surface area contributed by atoms with E-state index in [0.717, 1.165) is 0 Å². The molecule has 4 N–H and O–H groups in total. The first-order valence-electron chi connectivity index (χ1n) is 5.07. The largest absolute Gasteiger partial charge is 0.338 e. The highest BCUT2D eigenvalue weighted by Crippen LogP contribution is 2.09. The topological polar surface area (TPSA) is 101 Å². The van der Waals surface area contributed by atoms with Crippen LogP contribution in [0.3, 0.4) is 0 Å². The third-order valence-electron chi connectivity index (χ3n) is 2.02. The van der Waals surface area contributed by atoms with Crippen LogP contribution in [0.15, 0.2) is 29.2 Å². The second-order valence-electron chi connectivity index (χ2n) is 3.41. The number of rotatable bonds is 4. The van der Waals surface area contributed by atoms with Crippen LogP contribution in [0, 0.1) is 0 Å². The molecule has 0 radical (unpaired) electrons. The Bertz CT molecular complexity index is 499. The quantitative estimate of drug-likeness (QED) is 0.715. The number of amides is 2. The second kappa shape index (κ2) is 5.65. The number of hydrogen-bond acceptors (Lipinski definition) is 3. The first kappa shape index (κ1) is 13.5. The Morgan fingerprint density at radius 1 is 1.35 bits per heavy atom. The average molecular weight is 257 g/mol. The van der Waals surface area contributed by atoms with Crippen molar-refractivity contribution >= 4 is 16.1 Å². The molecule has 0 aliphatic carbocycles. The van der Waals surface area contributed by atoms with Crippen molar-refractivity contribution in [2.45, 2.75) is 18.4 Å². The lowest BCUT2D eigenvalue weighted by atomic mass is 10.2. The lowest BCUT2D eigenvalue weighted by molar-refractivity contribution is 0.241. The first-order valence-corrected chi connectivity index (χ1v) is 6.61. The number of benzene rings is 1. The molecular weight excluding hydrogens is 242 g/mol. The van der Waals surface area contributed by atoms with E-state index in [0.29, 0.717) is 12.1 Å². The van der Waals surface area contributed by atoms with Gasteiger partial charge in [-0.3, -0.25) is 0 Å². The van der Waals surface area contributed by atoms with Gasteiger partial charge in [-0.15, -0.1) is 0 Å². The van der Waals surface area contributed by atoms with E-state index in [1.54, 1.807) is 19.1 Å². The normalized spacial score (nSPS) is 10.9. The van der Waals surface area contributed by atoms with Crippen LogP contribution in [0.5, 0.6) is 0 Å². The summed E-state index contributed by atoms with van der Waals surface area (Å²) < 4.78 is 22.2. The third-order valence-corrected chi connectivity index (χ3v) is 2.93. The molecule has 17 heavy (non-hydrogen) atoms. The van der Waals surface area contributed by atoms with Crippen molar-refractivity contribution in [2.24, 2.45) is 5.14 Å². The van der Waals surface area contributed by atoms with Gasteiger partial charge in [0.15, 0.2) is 0 Å². The summed E-state index contributed by atoms with van der Waals surface area (Å²) in [6.45, 7) is 2.58. The number of nitrogens with two attached hydrogens (primary N) is 1. The van der Waals surface area contributed by atoms with Gasteiger partial charge in [-0.1, -0.05) is 12.1 Å². The Morgan fingerprint density at radius 3 is 2.65 bits per heavy atom. The van der Waals surface area contributed by atoms with Gasteiger partial charge in [0, 0.05) is 13.1 Å². The predicted molar refractivity (Wildman–Crippen MR) is 63.7 cm³/mol. The van der Waals surface area contributed by atoms with Gasteiger partial charge >= 0.3 is 6.03 Å². The molecule has 0 heterocycles. The summed E-state index contributed by atoms with van der Waals surface area (Å²) in [4.78, 5) is 11.2. The molecule has 0 aliphatic heterocycles. The molecule has 0 saturated heterocycles. The molecule has 0 saturated carbocycles. The van der Waals surface area contributed by atoms with E-state index in [-0.39, 0.29) is 17.5 Å². The van der Waals surface area contributed by atoms with Crippen molar-refractivity contribution in [3.63, 3.8) is 0 Å². The maximum Gasteiger partial charge on any atom is 0.315 e. The molecule has 0 atom stereocenters. The van der Waals surface area contributed by atoms with E-state index in [4.69, 9.17) is 5.14 Å². The highest BCUT2D eigenvalue weighted by atomic mass is 32.2. The lowest BCUT2D eigenvalue weighted by Crippen LogP contribution is -2.34. The number of hydrogen-bond donors (Lipinski definition) is 3. The molecule has 0 spiro atoms. The Labute approximate surface area is 100 Å². The van der Waals surface area contributed by atoms with Crippen LogP contribution in [0.1, 0.15) is 12.5 Å². The molecular formula is C10H15N3O3S. The van der Waals surface area contributed by atoms with E-state index >= 15 is 0 Å². The van der Waals surface area contributed by atoms with E-state index in [2.05, 4.69) is 10.6 Å². The zero-order valence-electron chi connectivity index (χ0n) is 9.43. The standard InChI is InChI=1S/C10H15N3O3S/c1-2-12-10(14)13-7-8-4-3-5-9(6-8)17(11,15)16/h3-6H,2,7H2,1H3,(H2,11,15,16)(H2,12,13,14). The SMILES string of the molecule is CCNC(=O)NCc1cccc(S(N)(=O)=O)c1. The fourth-order valence-electron chi connectivity index (χ4n) is 1.24. The Morgan fingerprint density at radius 2 is 2.06 bits per heavy atom. The lowest BCUT2D eigenvalue weighted by Gasteiger charge is -2.06.